The number of nitrogens with zero attached hydrogens (tertiary/aromatic N) is 1. The van der Waals surface area contributed by atoms with E-state index in [0.717, 1.165) is 24.3 Å². The van der Waals surface area contributed by atoms with Crippen LogP contribution >= 0.6 is 23.2 Å². The fraction of sp³-hybridized carbons (Fsp3) is 0.367. The highest BCUT2D eigenvalue weighted by molar-refractivity contribution is 6.34. The third-order valence-corrected chi connectivity index (χ3v) is 6.57. The second-order valence-electron chi connectivity index (χ2n) is 9.66. The number of hydrogen-bond donors (Lipinski definition) is 2. The number of pyridine rings is 1. The van der Waals surface area contributed by atoms with Crippen molar-refractivity contribution < 1.29 is 9.84 Å². The first-order valence-electron chi connectivity index (χ1n) is 12.4. The van der Waals surface area contributed by atoms with Crippen LogP contribution in [0.2, 0.25) is 10.0 Å². The number of halogens is 2. The first kappa shape index (κ1) is 28.0. The van der Waals surface area contributed by atoms with Crippen LogP contribution in [0, 0.1) is 0 Å². The van der Waals surface area contributed by atoms with Crippen LogP contribution in [0.4, 0.5) is 5.69 Å². The van der Waals surface area contributed by atoms with E-state index in [4.69, 9.17) is 27.9 Å². The zero-order chi connectivity index (χ0) is 26.1. The molecule has 1 aliphatic rings. The maximum Gasteiger partial charge on any atom is 0.147 e. The summed E-state index contributed by atoms with van der Waals surface area (Å²) in [5, 5.41) is 13.3. The Labute approximate surface area is 225 Å². The molecule has 1 unspecified atom stereocenters. The normalized spacial score (nSPS) is 13.7. The number of rotatable bonds is 8. The van der Waals surface area contributed by atoms with E-state index in [9.17, 15) is 5.11 Å². The molecule has 2 N–H and O–H groups in total. The van der Waals surface area contributed by atoms with Gasteiger partial charge in [-0.1, -0.05) is 59.1 Å². The Morgan fingerprint density at radius 1 is 1.06 bits per heavy atom. The van der Waals surface area contributed by atoms with Gasteiger partial charge in [-0.25, -0.2) is 0 Å². The van der Waals surface area contributed by atoms with Gasteiger partial charge in [-0.3, -0.25) is 4.98 Å². The Morgan fingerprint density at radius 2 is 1.69 bits per heavy atom. The van der Waals surface area contributed by atoms with Gasteiger partial charge >= 0.3 is 0 Å². The second kappa shape index (κ2) is 13.1. The molecule has 36 heavy (non-hydrogen) atoms. The highest BCUT2D eigenvalue weighted by Gasteiger charge is 2.27. The molecule has 1 aliphatic carbocycles. The smallest absolute Gasteiger partial charge is 0.147 e. The van der Waals surface area contributed by atoms with Crippen molar-refractivity contribution in [2.45, 2.75) is 64.6 Å². The lowest BCUT2D eigenvalue weighted by molar-refractivity contribution is 0.104. The van der Waals surface area contributed by atoms with Crippen LogP contribution in [-0.4, -0.2) is 23.2 Å². The molecule has 0 spiro atoms. The minimum absolute atomic E-state index is 0.247. The topological polar surface area (TPSA) is 54.4 Å². The van der Waals surface area contributed by atoms with E-state index in [1.165, 1.54) is 30.4 Å². The van der Waals surface area contributed by atoms with E-state index in [-0.39, 0.29) is 6.10 Å². The van der Waals surface area contributed by atoms with Crippen molar-refractivity contribution in [1.82, 2.24) is 4.98 Å². The summed E-state index contributed by atoms with van der Waals surface area (Å²) in [7, 11) is 1.87. The summed E-state index contributed by atoms with van der Waals surface area (Å²) >= 11 is 12.1. The molecule has 0 amide bonds. The summed E-state index contributed by atoms with van der Waals surface area (Å²) in [5.74, 6) is 0.752. The SMILES string of the molecule is CC(O)Cc1ccc(CC=C2CCC2)cc1.CNc1ccc(OC(C)(C)c2ncc(Cl)cc2Cl)cc1. The van der Waals surface area contributed by atoms with Crippen molar-refractivity contribution in [3.05, 3.63) is 99.3 Å². The number of allylic oxidation sites excluding steroid dienone is 2. The van der Waals surface area contributed by atoms with E-state index in [1.807, 2.05) is 52.1 Å². The Balaban J connectivity index is 0.000000205. The minimum atomic E-state index is -0.650. The van der Waals surface area contributed by atoms with Crippen molar-refractivity contribution in [2.24, 2.45) is 0 Å². The molecule has 6 heteroatoms. The van der Waals surface area contributed by atoms with E-state index in [1.54, 1.807) is 17.8 Å². The van der Waals surface area contributed by atoms with Crippen LogP contribution in [0.25, 0.3) is 0 Å². The summed E-state index contributed by atoms with van der Waals surface area (Å²) in [6.07, 6.45) is 9.49. The fourth-order valence-corrected chi connectivity index (χ4v) is 4.50. The quantitative estimate of drug-likeness (QED) is 0.292. The molecule has 1 saturated carbocycles. The second-order valence-corrected chi connectivity index (χ2v) is 10.5. The van der Waals surface area contributed by atoms with Crippen LogP contribution < -0.4 is 10.1 Å². The summed E-state index contributed by atoms with van der Waals surface area (Å²) < 4.78 is 5.99. The maximum absolute atomic E-state index is 9.28. The number of anilines is 1. The van der Waals surface area contributed by atoms with Crippen LogP contribution in [0.1, 0.15) is 56.9 Å². The molecular weight excluding hydrogens is 491 g/mol. The summed E-state index contributed by atoms with van der Waals surface area (Å²) in [6.45, 7) is 5.66. The van der Waals surface area contributed by atoms with Gasteiger partial charge in [-0.15, -0.1) is 0 Å². The molecule has 4 nitrogen and oxygen atoms in total. The molecule has 0 aliphatic heterocycles. The number of hydrogen-bond acceptors (Lipinski definition) is 4. The highest BCUT2D eigenvalue weighted by Crippen LogP contribution is 2.32. The number of aliphatic hydroxyl groups excluding tert-OH is 1. The van der Waals surface area contributed by atoms with Gasteiger partial charge in [-0.2, -0.15) is 0 Å². The molecule has 1 fully saturated rings. The third kappa shape index (κ3) is 8.55. The minimum Gasteiger partial charge on any atom is -0.481 e. The lowest BCUT2D eigenvalue weighted by Crippen LogP contribution is -2.27. The maximum atomic E-state index is 9.28. The Hall–Kier alpha value is -2.53. The third-order valence-electron chi connectivity index (χ3n) is 6.07. The van der Waals surface area contributed by atoms with Crippen LogP contribution in [0.5, 0.6) is 5.75 Å². The van der Waals surface area contributed by atoms with Gasteiger partial charge in [0.1, 0.15) is 17.0 Å². The van der Waals surface area contributed by atoms with Crippen LogP contribution in [0.15, 0.2) is 72.4 Å². The zero-order valence-corrected chi connectivity index (χ0v) is 23.0. The van der Waals surface area contributed by atoms with Gasteiger partial charge in [0.25, 0.3) is 0 Å². The predicted molar refractivity (Wildman–Crippen MR) is 151 cm³/mol. The molecule has 0 bridgehead atoms. The number of aliphatic hydroxyl groups is 1. The number of aromatic nitrogens is 1. The lowest BCUT2D eigenvalue weighted by atomic mass is 9.91. The van der Waals surface area contributed by atoms with E-state index in [0.29, 0.717) is 15.7 Å². The number of ether oxygens (including phenoxy) is 1. The van der Waals surface area contributed by atoms with Crippen molar-refractivity contribution in [3.63, 3.8) is 0 Å². The lowest BCUT2D eigenvalue weighted by Gasteiger charge is -2.27. The van der Waals surface area contributed by atoms with Crippen LogP contribution in [0.3, 0.4) is 0 Å². The van der Waals surface area contributed by atoms with Gasteiger partial charge in [-0.05, 0) is 94.3 Å². The molecule has 3 aromatic rings. The van der Waals surface area contributed by atoms with Crippen molar-refractivity contribution >= 4 is 28.9 Å². The molecule has 1 heterocycles. The molecule has 192 valence electrons. The van der Waals surface area contributed by atoms with Gasteiger partial charge in [0.15, 0.2) is 0 Å². The molecule has 0 radical (unpaired) electrons. The first-order chi connectivity index (χ1) is 17.2. The molecule has 0 saturated heterocycles. The average Bonchev–Trinajstić information content (AvgIpc) is 2.79. The van der Waals surface area contributed by atoms with Crippen molar-refractivity contribution in [3.8, 4) is 5.75 Å². The van der Waals surface area contributed by atoms with Crippen LogP contribution in [-0.2, 0) is 18.4 Å². The Kier molecular flexibility index (Phi) is 10.2. The zero-order valence-electron chi connectivity index (χ0n) is 21.5. The van der Waals surface area contributed by atoms with Crippen molar-refractivity contribution in [2.75, 3.05) is 12.4 Å². The van der Waals surface area contributed by atoms with Gasteiger partial charge in [0, 0.05) is 18.9 Å². The molecule has 2 aromatic carbocycles. The number of benzene rings is 2. The monoisotopic (exact) mass is 526 g/mol. The first-order valence-corrected chi connectivity index (χ1v) is 13.1. The molecule has 4 rings (SSSR count). The van der Waals surface area contributed by atoms with Gasteiger partial charge in [0.2, 0.25) is 0 Å². The fourth-order valence-electron chi connectivity index (χ4n) is 3.89. The Bertz CT molecular complexity index is 1130. The van der Waals surface area contributed by atoms with E-state index in [2.05, 4.69) is 40.6 Å². The van der Waals surface area contributed by atoms with E-state index >= 15 is 0 Å². The summed E-state index contributed by atoms with van der Waals surface area (Å²) in [5.41, 5.74) is 5.24. The largest absolute Gasteiger partial charge is 0.481 e. The predicted octanol–water partition coefficient (Wildman–Crippen LogP) is 8.01. The summed E-state index contributed by atoms with van der Waals surface area (Å²) in [4.78, 5) is 4.28. The molecular formula is C30H36Cl2N2O2. The highest BCUT2D eigenvalue weighted by atomic mass is 35.5. The number of nitrogens with one attached hydrogen (secondary N) is 1. The van der Waals surface area contributed by atoms with Crippen molar-refractivity contribution in [1.29, 1.82) is 0 Å². The average molecular weight is 528 g/mol. The van der Waals surface area contributed by atoms with Gasteiger partial charge < -0.3 is 15.2 Å². The molecule has 1 atom stereocenters. The van der Waals surface area contributed by atoms with Gasteiger partial charge in [0.05, 0.1) is 16.1 Å². The molecule has 1 aromatic heterocycles. The summed E-state index contributed by atoms with van der Waals surface area (Å²) in [6, 6.07) is 18.0. The van der Waals surface area contributed by atoms with E-state index < -0.39 is 5.60 Å². The standard InChI is InChI=1S/C15H16Cl2N2O.C15H20O/c1-15(2,14-13(17)8-10(16)9-19-14)20-12-6-4-11(18-3)5-7-12;1-12(16)11-15-9-7-14(8-10-15)6-5-13-3-2-4-13/h4-9,18H,1-3H3;5,7-10,12,16H,2-4,6,11H2,1H3. The Morgan fingerprint density at radius 3 is 2.22 bits per heavy atom.